The van der Waals surface area contributed by atoms with Gasteiger partial charge in [0.25, 0.3) is 0 Å². The largest absolute Gasteiger partial charge is 0.393 e. The SMILES string of the molecule is CC(O)CCCNC(=O)Cn1cccnc1=O. The molecule has 1 heterocycles. The third-order valence-corrected chi connectivity index (χ3v) is 2.22. The summed E-state index contributed by atoms with van der Waals surface area (Å²) in [5.74, 6) is -0.231. The Morgan fingerprint density at radius 3 is 3.06 bits per heavy atom. The molecule has 1 amide bonds. The second-order valence-corrected chi connectivity index (χ2v) is 3.87. The summed E-state index contributed by atoms with van der Waals surface area (Å²) in [6, 6.07) is 1.60. The minimum Gasteiger partial charge on any atom is -0.393 e. The van der Waals surface area contributed by atoms with Crippen molar-refractivity contribution >= 4 is 5.91 Å². The maximum Gasteiger partial charge on any atom is 0.347 e. The molecule has 17 heavy (non-hydrogen) atoms. The van der Waals surface area contributed by atoms with E-state index in [0.717, 1.165) is 0 Å². The van der Waals surface area contributed by atoms with Crippen molar-refractivity contribution in [2.75, 3.05) is 6.54 Å². The molecule has 1 aromatic rings. The van der Waals surface area contributed by atoms with Gasteiger partial charge in [-0.15, -0.1) is 0 Å². The average molecular weight is 239 g/mol. The first-order valence-electron chi connectivity index (χ1n) is 5.56. The fraction of sp³-hybridized carbons (Fsp3) is 0.545. The van der Waals surface area contributed by atoms with Gasteiger partial charge in [-0.1, -0.05) is 0 Å². The first-order chi connectivity index (χ1) is 8.09. The normalized spacial score (nSPS) is 12.1. The zero-order valence-corrected chi connectivity index (χ0v) is 9.80. The van der Waals surface area contributed by atoms with Crippen LogP contribution in [0, 0.1) is 0 Å². The molecule has 0 aliphatic heterocycles. The van der Waals surface area contributed by atoms with Crippen LogP contribution in [0.3, 0.4) is 0 Å². The number of nitrogens with zero attached hydrogens (tertiary/aromatic N) is 2. The number of hydrogen-bond acceptors (Lipinski definition) is 4. The van der Waals surface area contributed by atoms with E-state index >= 15 is 0 Å². The topological polar surface area (TPSA) is 84.2 Å². The van der Waals surface area contributed by atoms with Crippen molar-refractivity contribution in [3.63, 3.8) is 0 Å². The van der Waals surface area contributed by atoms with Crippen LogP contribution in [0.25, 0.3) is 0 Å². The molecule has 6 heteroatoms. The highest BCUT2D eigenvalue weighted by molar-refractivity contribution is 5.75. The summed E-state index contributed by atoms with van der Waals surface area (Å²) in [4.78, 5) is 26.2. The van der Waals surface area contributed by atoms with E-state index < -0.39 is 5.69 Å². The lowest BCUT2D eigenvalue weighted by atomic mass is 10.2. The van der Waals surface area contributed by atoms with E-state index in [4.69, 9.17) is 5.11 Å². The van der Waals surface area contributed by atoms with E-state index in [1.54, 1.807) is 13.0 Å². The van der Waals surface area contributed by atoms with E-state index in [2.05, 4.69) is 10.3 Å². The summed E-state index contributed by atoms with van der Waals surface area (Å²) in [7, 11) is 0. The molecule has 0 fully saturated rings. The van der Waals surface area contributed by atoms with Gasteiger partial charge in [0.2, 0.25) is 5.91 Å². The van der Waals surface area contributed by atoms with Crippen LogP contribution in [0.2, 0.25) is 0 Å². The van der Waals surface area contributed by atoms with Crippen LogP contribution in [0.15, 0.2) is 23.3 Å². The Morgan fingerprint density at radius 1 is 1.65 bits per heavy atom. The summed E-state index contributed by atoms with van der Waals surface area (Å²) < 4.78 is 1.24. The van der Waals surface area contributed by atoms with Crippen molar-refractivity contribution in [3.05, 3.63) is 28.9 Å². The molecule has 0 spiro atoms. The van der Waals surface area contributed by atoms with Gasteiger partial charge < -0.3 is 10.4 Å². The molecule has 2 N–H and O–H groups in total. The van der Waals surface area contributed by atoms with Crippen LogP contribution in [0.4, 0.5) is 0 Å². The Kier molecular flexibility index (Phi) is 5.35. The third-order valence-electron chi connectivity index (χ3n) is 2.22. The molecule has 0 saturated carbocycles. The predicted octanol–water partition coefficient (Wildman–Crippen LogP) is -0.480. The maximum absolute atomic E-state index is 11.4. The van der Waals surface area contributed by atoms with E-state index in [1.807, 2.05) is 0 Å². The summed E-state index contributed by atoms with van der Waals surface area (Å²) in [5.41, 5.74) is -0.438. The van der Waals surface area contributed by atoms with Crippen molar-refractivity contribution in [2.24, 2.45) is 0 Å². The Balaban J connectivity index is 2.31. The summed E-state index contributed by atoms with van der Waals surface area (Å²) >= 11 is 0. The van der Waals surface area contributed by atoms with Gasteiger partial charge in [-0.25, -0.2) is 9.78 Å². The highest BCUT2D eigenvalue weighted by Crippen LogP contribution is 1.93. The fourth-order valence-electron chi connectivity index (χ4n) is 1.34. The number of carbonyl (C=O) groups is 1. The fourth-order valence-corrected chi connectivity index (χ4v) is 1.34. The Morgan fingerprint density at radius 2 is 2.41 bits per heavy atom. The van der Waals surface area contributed by atoms with Crippen LogP contribution in [0.5, 0.6) is 0 Å². The smallest absolute Gasteiger partial charge is 0.347 e. The van der Waals surface area contributed by atoms with Gasteiger partial charge in [0.1, 0.15) is 6.54 Å². The van der Waals surface area contributed by atoms with Gasteiger partial charge >= 0.3 is 5.69 Å². The lowest BCUT2D eigenvalue weighted by molar-refractivity contribution is -0.121. The number of aromatic nitrogens is 2. The van der Waals surface area contributed by atoms with Crippen molar-refractivity contribution in [3.8, 4) is 0 Å². The number of aliphatic hydroxyl groups excluding tert-OH is 1. The van der Waals surface area contributed by atoms with Crippen LogP contribution in [0.1, 0.15) is 19.8 Å². The van der Waals surface area contributed by atoms with Gasteiger partial charge in [0.15, 0.2) is 0 Å². The molecular formula is C11H17N3O3. The molecule has 0 aliphatic rings. The second kappa shape index (κ2) is 6.80. The van der Waals surface area contributed by atoms with E-state index in [9.17, 15) is 9.59 Å². The zero-order chi connectivity index (χ0) is 12.7. The van der Waals surface area contributed by atoms with E-state index in [1.165, 1.54) is 17.0 Å². The number of amides is 1. The van der Waals surface area contributed by atoms with Crippen LogP contribution < -0.4 is 11.0 Å². The molecule has 0 saturated heterocycles. The average Bonchev–Trinajstić information content (AvgIpc) is 2.27. The molecule has 1 atom stereocenters. The summed E-state index contributed by atoms with van der Waals surface area (Å²) in [6.45, 7) is 2.18. The van der Waals surface area contributed by atoms with Crippen LogP contribution in [-0.4, -0.2) is 33.2 Å². The molecule has 0 aliphatic carbocycles. The quantitative estimate of drug-likeness (QED) is 0.657. The van der Waals surface area contributed by atoms with Gasteiger partial charge in [0, 0.05) is 18.9 Å². The molecule has 0 radical (unpaired) electrons. The highest BCUT2D eigenvalue weighted by atomic mass is 16.3. The molecule has 0 aromatic carbocycles. The molecule has 0 bridgehead atoms. The zero-order valence-electron chi connectivity index (χ0n) is 9.80. The van der Waals surface area contributed by atoms with Crippen molar-refractivity contribution in [1.29, 1.82) is 0 Å². The van der Waals surface area contributed by atoms with E-state index in [0.29, 0.717) is 19.4 Å². The highest BCUT2D eigenvalue weighted by Gasteiger charge is 2.03. The number of nitrogens with one attached hydrogen (secondary N) is 1. The van der Waals surface area contributed by atoms with Crippen LogP contribution >= 0.6 is 0 Å². The summed E-state index contributed by atoms with van der Waals surface area (Å²) in [6.07, 6.45) is 3.91. The van der Waals surface area contributed by atoms with Gasteiger partial charge in [0.05, 0.1) is 6.10 Å². The number of hydrogen-bond donors (Lipinski definition) is 2. The standard InChI is InChI=1S/C11H17N3O3/c1-9(15)4-2-5-12-10(16)8-14-7-3-6-13-11(14)17/h3,6-7,9,15H,2,4-5,8H2,1H3,(H,12,16). The minimum atomic E-state index is -0.438. The molecule has 1 aromatic heterocycles. The van der Waals surface area contributed by atoms with Gasteiger partial charge in [-0.05, 0) is 25.8 Å². The molecule has 1 unspecified atom stereocenters. The van der Waals surface area contributed by atoms with Crippen molar-refractivity contribution < 1.29 is 9.90 Å². The van der Waals surface area contributed by atoms with Gasteiger partial charge in [-0.3, -0.25) is 9.36 Å². The minimum absolute atomic E-state index is 0.0264. The second-order valence-electron chi connectivity index (χ2n) is 3.87. The third kappa shape index (κ3) is 5.26. The van der Waals surface area contributed by atoms with E-state index in [-0.39, 0.29) is 18.6 Å². The number of rotatable bonds is 6. The monoisotopic (exact) mass is 239 g/mol. The molecule has 94 valence electrons. The molecular weight excluding hydrogens is 222 g/mol. The van der Waals surface area contributed by atoms with Gasteiger partial charge in [-0.2, -0.15) is 0 Å². The Hall–Kier alpha value is -1.69. The predicted molar refractivity (Wildman–Crippen MR) is 62.4 cm³/mol. The summed E-state index contributed by atoms with van der Waals surface area (Å²) in [5, 5.41) is 11.7. The Bertz CT molecular complexity index is 414. The first kappa shape index (κ1) is 13.4. The number of carbonyl (C=O) groups excluding carboxylic acids is 1. The number of aliphatic hydroxyl groups is 1. The molecule has 6 nitrogen and oxygen atoms in total. The lowest BCUT2D eigenvalue weighted by Gasteiger charge is -2.07. The van der Waals surface area contributed by atoms with Crippen LogP contribution in [-0.2, 0) is 11.3 Å². The van der Waals surface area contributed by atoms with Crippen molar-refractivity contribution in [2.45, 2.75) is 32.4 Å². The maximum atomic E-state index is 11.4. The lowest BCUT2D eigenvalue weighted by Crippen LogP contribution is -2.33. The first-order valence-corrected chi connectivity index (χ1v) is 5.56. The Labute approximate surface area is 99.3 Å². The van der Waals surface area contributed by atoms with Crippen molar-refractivity contribution in [1.82, 2.24) is 14.9 Å². The molecule has 1 rings (SSSR count).